The Labute approximate surface area is 91.4 Å². The maximum atomic E-state index is 12.9. The maximum absolute atomic E-state index is 12.9. The number of esters is 1. The monoisotopic (exact) mass is 283 g/mol. The summed E-state index contributed by atoms with van der Waals surface area (Å²) in [6, 6.07) is 0. The molecule has 0 atom stereocenters. The Morgan fingerprint density at radius 2 is 2.20 bits per heavy atom. The SMILES string of the molecule is COC(=O)c1cnc(F)c(C(F)F)c1Br. The molecule has 82 valence electrons. The largest absolute Gasteiger partial charge is 0.465 e. The summed E-state index contributed by atoms with van der Waals surface area (Å²) in [4.78, 5) is 14.1. The van der Waals surface area contributed by atoms with Crippen LogP contribution in [0.1, 0.15) is 22.3 Å². The molecule has 0 saturated carbocycles. The molecule has 0 amide bonds. The van der Waals surface area contributed by atoms with E-state index >= 15 is 0 Å². The molecule has 0 bridgehead atoms. The third kappa shape index (κ3) is 2.28. The van der Waals surface area contributed by atoms with E-state index in [1.54, 1.807) is 0 Å². The summed E-state index contributed by atoms with van der Waals surface area (Å²) in [6.07, 6.45) is -2.23. The van der Waals surface area contributed by atoms with Crippen LogP contribution in [0.25, 0.3) is 0 Å². The van der Waals surface area contributed by atoms with Gasteiger partial charge in [-0.2, -0.15) is 4.39 Å². The van der Waals surface area contributed by atoms with E-state index < -0.39 is 23.9 Å². The Kier molecular flexibility index (Phi) is 3.67. The molecule has 7 heteroatoms. The summed E-state index contributed by atoms with van der Waals surface area (Å²) in [7, 11) is 1.08. The Morgan fingerprint density at radius 1 is 1.60 bits per heavy atom. The molecule has 0 aliphatic carbocycles. The van der Waals surface area contributed by atoms with Crippen molar-refractivity contribution in [3.05, 3.63) is 27.7 Å². The van der Waals surface area contributed by atoms with E-state index in [-0.39, 0.29) is 10.0 Å². The first-order valence-corrected chi connectivity index (χ1v) is 4.48. The van der Waals surface area contributed by atoms with Crippen molar-refractivity contribution in [1.29, 1.82) is 0 Å². The lowest BCUT2D eigenvalue weighted by atomic mass is 10.2. The van der Waals surface area contributed by atoms with Crippen LogP contribution in [0.3, 0.4) is 0 Å². The Morgan fingerprint density at radius 3 is 2.67 bits per heavy atom. The third-order valence-electron chi connectivity index (χ3n) is 1.63. The predicted molar refractivity (Wildman–Crippen MR) is 48.2 cm³/mol. The second kappa shape index (κ2) is 4.61. The Hall–Kier alpha value is -1.11. The number of hydrogen-bond donors (Lipinski definition) is 0. The number of rotatable bonds is 2. The van der Waals surface area contributed by atoms with Gasteiger partial charge in [0.1, 0.15) is 0 Å². The first-order valence-electron chi connectivity index (χ1n) is 3.69. The highest BCUT2D eigenvalue weighted by molar-refractivity contribution is 9.10. The summed E-state index contributed by atoms with van der Waals surface area (Å²) in [5.74, 6) is -2.18. The molecular weight excluding hydrogens is 279 g/mol. The van der Waals surface area contributed by atoms with E-state index in [2.05, 4.69) is 25.7 Å². The number of methoxy groups -OCH3 is 1. The summed E-state index contributed by atoms with van der Waals surface area (Å²) in [5.41, 5.74) is -1.19. The lowest BCUT2D eigenvalue weighted by molar-refractivity contribution is 0.0598. The van der Waals surface area contributed by atoms with Gasteiger partial charge in [-0.05, 0) is 15.9 Å². The molecule has 15 heavy (non-hydrogen) atoms. The topological polar surface area (TPSA) is 39.2 Å². The van der Waals surface area contributed by atoms with Crippen LogP contribution in [0, 0.1) is 5.95 Å². The lowest BCUT2D eigenvalue weighted by Gasteiger charge is -2.07. The number of ether oxygens (including phenoxy) is 1. The molecule has 0 aromatic carbocycles. The molecule has 1 rings (SSSR count). The molecule has 1 heterocycles. The van der Waals surface area contributed by atoms with E-state index in [9.17, 15) is 18.0 Å². The van der Waals surface area contributed by atoms with Gasteiger partial charge in [0.25, 0.3) is 6.43 Å². The van der Waals surface area contributed by atoms with E-state index in [4.69, 9.17) is 0 Å². The van der Waals surface area contributed by atoms with Crippen LogP contribution in [-0.2, 0) is 4.74 Å². The molecule has 0 fully saturated rings. The van der Waals surface area contributed by atoms with Crippen LogP contribution in [-0.4, -0.2) is 18.1 Å². The molecular formula is C8H5BrF3NO2. The fourth-order valence-electron chi connectivity index (χ4n) is 0.921. The lowest BCUT2D eigenvalue weighted by Crippen LogP contribution is -2.07. The van der Waals surface area contributed by atoms with Crippen LogP contribution < -0.4 is 0 Å². The van der Waals surface area contributed by atoms with Crippen molar-refractivity contribution in [2.45, 2.75) is 6.43 Å². The number of nitrogens with zero attached hydrogens (tertiary/aromatic N) is 1. The zero-order valence-corrected chi connectivity index (χ0v) is 9.02. The number of carbonyl (C=O) groups is 1. The van der Waals surface area contributed by atoms with Crippen molar-refractivity contribution < 1.29 is 22.7 Å². The van der Waals surface area contributed by atoms with Crippen molar-refractivity contribution in [3.63, 3.8) is 0 Å². The van der Waals surface area contributed by atoms with Crippen molar-refractivity contribution in [2.75, 3.05) is 7.11 Å². The highest BCUT2D eigenvalue weighted by atomic mass is 79.9. The zero-order valence-electron chi connectivity index (χ0n) is 7.43. The standard InChI is InChI=1S/C8H5BrF3NO2/c1-15-8(14)3-2-13-7(12)4(5(3)9)6(10)11/h2,6H,1H3. The van der Waals surface area contributed by atoms with Gasteiger partial charge in [0.15, 0.2) is 0 Å². The number of carbonyl (C=O) groups excluding carboxylic acids is 1. The van der Waals surface area contributed by atoms with Crippen LogP contribution in [0.2, 0.25) is 0 Å². The molecule has 3 nitrogen and oxygen atoms in total. The number of pyridine rings is 1. The Bertz CT molecular complexity index is 398. The van der Waals surface area contributed by atoms with E-state index in [0.717, 1.165) is 13.3 Å². The first kappa shape index (κ1) is 12.0. The first-order chi connectivity index (χ1) is 6.99. The van der Waals surface area contributed by atoms with Gasteiger partial charge in [-0.3, -0.25) is 0 Å². The molecule has 0 aliphatic heterocycles. The summed E-state index contributed by atoms with van der Waals surface area (Å²) in [5, 5.41) is 0. The fourth-order valence-corrected chi connectivity index (χ4v) is 1.52. The highest BCUT2D eigenvalue weighted by Crippen LogP contribution is 2.31. The average Bonchev–Trinajstić information content (AvgIpc) is 2.16. The van der Waals surface area contributed by atoms with Crippen LogP contribution in [0.5, 0.6) is 0 Å². The van der Waals surface area contributed by atoms with Crippen LogP contribution in [0.15, 0.2) is 10.7 Å². The molecule has 0 radical (unpaired) electrons. The molecule has 0 N–H and O–H groups in total. The highest BCUT2D eigenvalue weighted by Gasteiger charge is 2.24. The smallest absolute Gasteiger partial charge is 0.340 e. The number of aromatic nitrogens is 1. The summed E-state index contributed by atoms with van der Waals surface area (Å²) in [6.45, 7) is 0. The van der Waals surface area contributed by atoms with Crippen LogP contribution in [0.4, 0.5) is 13.2 Å². The van der Waals surface area contributed by atoms with Gasteiger partial charge in [-0.15, -0.1) is 0 Å². The minimum Gasteiger partial charge on any atom is -0.465 e. The van der Waals surface area contributed by atoms with Crippen molar-refractivity contribution in [3.8, 4) is 0 Å². The molecule has 0 spiro atoms. The van der Waals surface area contributed by atoms with Gasteiger partial charge in [-0.25, -0.2) is 18.6 Å². The van der Waals surface area contributed by atoms with Gasteiger partial charge >= 0.3 is 5.97 Å². The van der Waals surface area contributed by atoms with Crippen LogP contribution >= 0.6 is 15.9 Å². The minimum atomic E-state index is -3.06. The van der Waals surface area contributed by atoms with Gasteiger partial charge in [0.2, 0.25) is 5.95 Å². The summed E-state index contributed by atoms with van der Waals surface area (Å²) >= 11 is 2.71. The molecule has 0 aliphatic rings. The average molecular weight is 284 g/mol. The normalized spacial score (nSPS) is 10.5. The second-order valence-corrected chi connectivity index (χ2v) is 3.28. The van der Waals surface area contributed by atoms with Gasteiger partial charge in [0, 0.05) is 10.7 Å². The van der Waals surface area contributed by atoms with Gasteiger partial charge < -0.3 is 4.74 Å². The van der Waals surface area contributed by atoms with Gasteiger partial charge in [-0.1, -0.05) is 0 Å². The number of alkyl halides is 2. The minimum absolute atomic E-state index is 0.241. The molecule has 1 aromatic rings. The predicted octanol–water partition coefficient (Wildman–Crippen LogP) is 2.71. The summed E-state index contributed by atoms with van der Waals surface area (Å²) < 4.78 is 41.6. The fraction of sp³-hybridized carbons (Fsp3) is 0.250. The van der Waals surface area contributed by atoms with Gasteiger partial charge in [0.05, 0.1) is 18.2 Å². The van der Waals surface area contributed by atoms with E-state index in [1.807, 2.05) is 0 Å². The molecule has 0 saturated heterocycles. The van der Waals surface area contributed by atoms with E-state index in [1.165, 1.54) is 0 Å². The quantitative estimate of drug-likeness (QED) is 0.619. The second-order valence-electron chi connectivity index (χ2n) is 2.48. The van der Waals surface area contributed by atoms with Crippen molar-refractivity contribution >= 4 is 21.9 Å². The van der Waals surface area contributed by atoms with E-state index in [0.29, 0.717) is 0 Å². The number of halogens is 4. The van der Waals surface area contributed by atoms with Crippen molar-refractivity contribution in [1.82, 2.24) is 4.98 Å². The number of hydrogen-bond acceptors (Lipinski definition) is 3. The molecule has 1 aromatic heterocycles. The maximum Gasteiger partial charge on any atom is 0.340 e. The molecule has 0 unspecified atom stereocenters. The third-order valence-corrected chi connectivity index (χ3v) is 2.48. The Balaban J connectivity index is 3.35. The van der Waals surface area contributed by atoms with Crippen molar-refractivity contribution in [2.24, 2.45) is 0 Å². The zero-order chi connectivity index (χ0) is 11.6.